The molecule has 1 aliphatic rings. The minimum Gasteiger partial charge on any atom is -0.493 e. The molecule has 0 spiro atoms. The summed E-state index contributed by atoms with van der Waals surface area (Å²) in [6.45, 7) is 6.13. The maximum atomic E-state index is 12.1. The Balaban J connectivity index is 1.65. The van der Waals surface area contributed by atoms with E-state index in [9.17, 15) is 4.79 Å². The summed E-state index contributed by atoms with van der Waals surface area (Å²) in [6.07, 6.45) is 2.86. The van der Waals surface area contributed by atoms with Crippen molar-refractivity contribution in [3.8, 4) is 5.75 Å². The number of piperidine rings is 1. The van der Waals surface area contributed by atoms with E-state index in [-0.39, 0.29) is 12.0 Å². The highest BCUT2D eigenvalue weighted by molar-refractivity contribution is 5.76. The smallest absolute Gasteiger partial charge is 0.226 e. The van der Waals surface area contributed by atoms with Crippen LogP contribution >= 0.6 is 0 Å². The Morgan fingerprint density at radius 2 is 1.90 bits per heavy atom. The highest BCUT2D eigenvalue weighted by atomic mass is 16.5. The maximum Gasteiger partial charge on any atom is 0.226 e. The van der Waals surface area contributed by atoms with Gasteiger partial charge in [0.1, 0.15) is 5.75 Å². The lowest BCUT2D eigenvalue weighted by atomic mass is 10.1. The van der Waals surface area contributed by atoms with Crippen molar-refractivity contribution in [2.75, 3.05) is 19.7 Å². The number of hydrogen-bond donors (Lipinski definition) is 0. The number of carbonyl (C=O) groups excluding carboxylic acids is 1. The van der Waals surface area contributed by atoms with Gasteiger partial charge in [0.05, 0.1) is 25.2 Å². The van der Waals surface area contributed by atoms with Gasteiger partial charge in [0.25, 0.3) is 0 Å². The van der Waals surface area contributed by atoms with Crippen LogP contribution in [0.25, 0.3) is 0 Å². The summed E-state index contributed by atoms with van der Waals surface area (Å²) in [5.74, 6) is 0.989. The molecule has 0 N–H and O–H groups in total. The second kappa shape index (κ2) is 8.03. The monoisotopic (exact) mass is 291 g/mol. The lowest BCUT2D eigenvalue weighted by Gasteiger charge is -2.32. The van der Waals surface area contributed by atoms with E-state index in [1.165, 1.54) is 0 Å². The van der Waals surface area contributed by atoms with E-state index in [0.717, 1.165) is 31.7 Å². The summed E-state index contributed by atoms with van der Waals surface area (Å²) in [7, 11) is 0. The highest BCUT2D eigenvalue weighted by Crippen LogP contribution is 2.16. The number of amides is 1. The van der Waals surface area contributed by atoms with Gasteiger partial charge in [0.2, 0.25) is 5.91 Å². The Morgan fingerprint density at radius 3 is 2.52 bits per heavy atom. The molecule has 1 heterocycles. The molecule has 1 fully saturated rings. The van der Waals surface area contributed by atoms with Crippen molar-refractivity contribution in [3.05, 3.63) is 30.3 Å². The zero-order valence-corrected chi connectivity index (χ0v) is 13.0. The highest BCUT2D eigenvalue weighted by Gasteiger charge is 2.23. The Labute approximate surface area is 127 Å². The van der Waals surface area contributed by atoms with Crippen LogP contribution in [0.1, 0.15) is 33.1 Å². The third kappa shape index (κ3) is 5.38. The average molecular weight is 291 g/mol. The van der Waals surface area contributed by atoms with Crippen LogP contribution in [0.4, 0.5) is 0 Å². The quantitative estimate of drug-likeness (QED) is 0.809. The summed E-state index contributed by atoms with van der Waals surface area (Å²) in [5.41, 5.74) is 0. The number of carbonyl (C=O) groups is 1. The second-order valence-electron chi connectivity index (χ2n) is 5.68. The van der Waals surface area contributed by atoms with Crippen LogP contribution in [-0.2, 0) is 9.53 Å². The largest absolute Gasteiger partial charge is 0.493 e. The molecule has 1 aromatic carbocycles. The molecule has 1 amide bonds. The number of ether oxygens (including phenoxy) is 2. The molecule has 4 heteroatoms. The predicted molar refractivity (Wildman–Crippen MR) is 82.4 cm³/mol. The van der Waals surface area contributed by atoms with Gasteiger partial charge in [-0.3, -0.25) is 4.79 Å². The molecule has 0 saturated carbocycles. The number of benzene rings is 1. The molecule has 0 aliphatic carbocycles. The summed E-state index contributed by atoms with van der Waals surface area (Å²) < 4.78 is 11.4. The minimum absolute atomic E-state index is 0.175. The zero-order valence-electron chi connectivity index (χ0n) is 13.0. The molecule has 1 saturated heterocycles. The van der Waals surface area contributed by atoms with Crippen molar-refractivity contribution in [2.24, 2.45) is 0 Å². The van der Waals surface area contributed by atoms with Gasteiger partial charge in [-0.05, 0) is 38.8 Å². The molecule has 116 valence electrons. The lowest BCUT2D eigenvalue weighted by Crippen LogP contribution is -2.41. The SMILES string of the molecule is CC(C)OC1CCN(C(=O)CCOc2ccccc2)CC1. The molecule has 0 aromatic heterocycles. The maximum absolute atomic E-state index is 12.1. The van der Waals surface area contributed by atoms with E-state index < -0.39 is 0 Å². The van der Waals surface area contributed by atoms with Crippen molar-refractivity contribution in [3.63, 3.8) is 0 Å². The molecule has 21 heavy (non-hydrogen) atoms. The number of likely N-dealkylation sites (tertiary alicyclic amines) is 1. The zero-order chi connectivity index (χ0) is 15.1. The van der Waals surface area contributed by atoms with Crippen molar-refractivity contribution in [2.45, 2.75) is 45.3 Å². The number of para-hydroxylation sites is 1. The standard InChI is InChI=1S/C17H25NO3/c1-14(2)21-16-8-11-18(12-9-16)17(19)10-13-20-15-6-4-3-5-7-15/h3-7,14,16H,8-13H2,1-2H3. The third-order valence-corrected chi connectivity index (χ3v) is 3.59. The van der Waals surface area contributed by atoms with Crippen LogP contribution in [0.15, 0.2) is 30.3 Å². The third-order valence-electron chi connectivity index (χ3n) is 3.59. The molecule has 1 aliphatic heterocycles. The minimum atomic E-state index is 0.175. The molecule has 0 unspecified atom stereocenters. The summed E-state index contributed by atoms with van der Waals surface area (Å²) in [5, 5.41) is 0. The summed E-state index contributed by atoms with van der Waals surface area (Å²) in [6, 6.07) is 9.60. The first-order chi connectivity index (χ1) is 10.1. The van der Waals surface area contributed by atoms with Gasteiger partial charge < -0.3 is 14.4 Å². The second-order valence-corrected chi connectivity index (χ2v) is 5.68. The van der Waals surface area contributed by atoms with Crippen LogP contribution in [0.3, 0.4) is 0 Å². The molecule has 0 radical (unpaired) electrons. The fraction of sp³-hybridized carbons (Fsp3) is 0.588. The fourth-order valence-electron chi connectivity index (χ4n) is 2.56. The van der Waals surface area contributed by atoms with Crippen LogP contribution < -0.4 is 4.74 Å². The van der Waals surface area contributed by atoms with Gasteiger partial charge in [-0.2, -0.15) is 0 Å². The van der Waals surface area contributed by atoms with Crippen LogP contribution in [0, 0.1) is 0 Å². The van der Waals surface area contributed by atoms with E-state index in [0.29, 0.717) is 19.1 Å². The first kappa shape index (κ1) is 15.8. The number of hydrogen-bond acceptors (Lipinski definition) is 3. The van der Waals surface area contributed by atoms with Gasteiger partial charge >= 0.3 is 0 Å². The van der Waals surface area contributed by atoms with Crippen molar-refractivity contribution < 1.29 is 14.3 Å². The predicted octanol–water partition coefficient (Wildman–Crippen LogP) is 2.87. The number of rotatable bonds is 6. The molecule has 2 rings (SSSR count). The topological polar surface area (TPSA) is 38.8 Å². The van der Waals surface area contributed by atoms with Gasteiger partial charge in [-0.1, -0.05) is 18.2 Å². The van der Waals surface area contributed by atoms with E-state index >= 15 is 0 Å². The van der Waals surface area contributed by atoms with E-state index in [4.69, 9.17) is 9.47 Å². The molecule has 4 nitrogen and oxygen atoms in total. The Bertz CT molecular complexity index is 425. The molecule has 0 atom stereocenters. The summed E-state index contributed by atoms with van der Waals surface area (Å²) in [4.78, 5) is 14.0. The molecular weight excluding hydrogens is 266 g/mol. The van der Waals surface area contributed by atoms with Gasteiger partial charge in [0, 0.05) is 13.1 Å². The Hall–Kier alpha value is -1.55. The van der Waals surface area contributed by atoms with E-state index in [1.807, 2.05) is 35.2 Å². The first-order valence-electron chi connectivity index (χ1n) is 7.76. The first-order valence-corrected chi connectivity index (χ1v) is 7.76. The molecule has 0 bridgehead atoms. The Kier molecular flexibility index (Phi) is 6.05. The van der Waals surface area contributed by atoms with Crippen molar-refractivity contribution in [1.29, 1.82) is 0 Å². The molecule has 1 aromatic rings. The van der Waals surface area contributed by atoms with Gasteiger partial charge in [-0.25, -0.2) is 0 Å². The Morgan fingerprint density at radius 1 is 1.24 bits per heavy atom. The van der Waals surface area contributed by atoms with Crippen LogP contribution in [0.2, 0.25) is 0 Å². The van der Waals surface area contributed by atoms with Crippen LogP contribution in [0.5, 0.6) is 5.75 Å². The number of nitrogens with zero attached hydrogens (tertiary/aromatic N) is 1. The molecular formula is C17H25NO3. The lowest BCUT2D eigenvalue weighted by molar-refractivity contribution is -0.134. The van der Waals surface area contributed by atoms with E-state index in [2.05, 4.69) is 13.8 Å². The van der Waals surface area contributed by atoms with E-state index in [1.54, 1.807) is 0 Å². The van der Waals surface area contributed by atoms with Gasteiger partial charge in [-0.15, -0.1) is 0 Å². The van der Waals surface area contributed by atoms with Crippen molar-refractivity contribution >= 4 is 5.91 Å². The van der Waals surface area contributed by atoms with Gasteiger partial charge in [0.15, 0.2) is 0 Å². The summed E-state index contributed by atoms with van der Waals surface area (Å²) >= 11 is 0. The normalized spacial score (nSPS) is 16.2. The van der Waals surface area contributed by atoms with Crippen LogP contribution in [-0.4, -0.2) is 42.7 Å². The fourth-order valence-corrected chi connectivity index (χ4v) is 2.56. The van der Waals surface area contributed by atoms with Crippen molar-refractivity contribution in [1.82, 2.24) is 4.90 Å². The average Bonchev–Trinajstić information content (AvgIpc) is 2.48.